The van der Waals surface area contributed by atoms with Gasteiger partial charge in [0, 0.05) is 12.7 Å². The number of ether oxygens (including phenoxy) is 1. The average molecular weight is 322 g/mol. The van der Waals surface area contributed by atoms with Gasteiger partial charge in [-0.05, 0) is 18.6 Å². The molecule has 2 heterocycles. The van der Waals surface area contributed by atoms with E-state index >= 15 is 0 Å². The summed E-state index contributed by atoms with van der Waals surface area (Å²) < 4.78 is 5.51. The van der Waals surface area contributed by atoms with Crippen molar-refractivity contribution < 1.29 is 14.9 Å². The molecule has 4 atom stereocenters. The summed E-state index contributed by atoms with van der Waals surface area (Å²) in [6, 6.07) is 5.07. The van der Waals surface area contributed by atoms with Crippen LogP contribution in [0.2, 0.25) is 5.02 Å². The van der Waals surface area contributed by atoms with E-state index in [0.29, 0.717) is 16.3 Å². The van der Waals surface area contributed by atoms with Crippen LogP contribution in [0.1, 0.15) is 16.7 Å². The molecule has 1 saturated heterocycles. The van der Waals surface area contributed by atoms with E-state index < -0.39 is 24.4 Å². The second-order valence-corrected chi connectivity index (χ2v) is 5.90. The number of halogens is 1. The highest BCUT2D eigenvalue weighted by molar-refractivity contribution is 6.33. The molecule has 116 valence electrons. The summed E-state index contributed by atoms with van der Waals surface area (Å²) in [5.74, 6) is 0. The zero-order valence-corrected chi connectivity index (χ0v) is 12.9. The van der Waals surface area contributed by atoms with E-state index in [1.165, 1.54) is 0 Å². The monoisotopic (exact) mass is 321 g/mol. The molecule has 0 amide bonds. The minimum absolute atomic E-state index is 0.262. The standard InChI is InChI=1S/C15H16ClN3O3/c1-7-9(4-3-8(5-17)11(7)16)12-15(22-2)13-14(21)10(20)6-19(13)18-12/h3-4,10,13-15,20-21H,6H2,1-2H3/t10-,13-,14-,15+/m0/s1. The van der Waals surface area contributed by atoms with Gasteiger partial charge in [0.15, 0.2) is 0 Å². The molecule has 1 fully saturated rings. The highest BCUT2D eigenvalue weighted by Gasteiger charge is 2.50. The van der Waals surface area contributed by atoms with E-state index in [-0.39, 0.29) is 6.54 Å². The number of fused-ring (bicyclic) bond motifs is 1. The van der Waals surface area contributed by atoms with Crippen molar-refractivity contribution in [1.82, 2.24) is 5.01 Å². The first-order valence-electron chi connectivity index (χ1n) is 6.93. The number of hydrogen-bond acceptors (Lipinski definition) is 6. The molecule has 0 radical (unpaired) electrons. The number of nitrogens with zero attached hydrogens (tertiary/aromatic N) is 3. The highest BCUT2D eigenvalue weighted by Crippen LogP contribution is 2.34. The molecule has 0 bridgehead atoms. The van der Waals surface area contributed by atoms with E-state index in [2.05, 4.69) is 5.10 Å². The van der Waals surface area contributed by atoms with Crippen molar-refractivity contribution in [2.45, 2.75) is 31.3 Å². The second-order valence-electron chi connectivity index (χ2n) is 5.52. The van der Waals surface area contributed by atoms with Crippen molar-refractivity contribution in [3.63, 3.8) is 0 Å². The lowest BCUT2D eigenvalue weighted by Gasteiger charge is -2.23. The normalized spacial score (nSPS) is 30.2. The van der Waals surface area contributed by atoms with Crippen LogP contribution in [0.15, 0.2) is 17.2 Å². The van der Waals surface area contributed by atoms with Gasteiger partial charge < -0.3 is 14.9 Å². The van der Waals surface area contributed by atoms with E-state index in [1.807, 2.05) is 13.0 Å². The Morgan fingerprint density at radius 3 is 2.82 bits per heavy atom. The molecular formula is C15H16ClN3O3. The van der Waals surface area contributed by atoms with Crippen LogP contribution in [-0.2, 0) is 4.74 Å². The molecule has 3 rings (SSSR count). The Balaban J connectivity index is 2.05. The minimum atomic E-state index is -0.916. The first-order chi connectivity index (χ1) is 10.5. The summed E-state index contributed by atoms with van der Waals surface area (Å²) in [6.07, 6.45) is -2.21. The number of rotatable bonds is 2. The molecular weight excluding hydrogens is 306 g/mol. The molecule has 0 saturated carbocycles. The maximum Gasteiger partial charge on any atom is 0.126 e. The number of nitriles is 1. The van der Waals surface area contributed by atoms with Crippen LogP contribution < -0.4 is 0 Å². The van der Waals surface area contributed by atoms with Gasteiger partial charge in [0.05, 0.1) is 22.8 Å². The van der Waals surface area contributed by atoms with Gasteiger partial charge in [0.1, 0.15) is 30.4 Å². The molecule has 1 aromatic carbocycles. The van der Waals surface area contributed by atoms with Crippen LogP contribution >= 0.6 is 11.6 Å². The second kappa shape index (κ2) is 5.52. The van der Waals surface area contributed by atoms with Crippen LogP contribution in [-0.4, -0.2) is 58.9 Å². The first-order valence-corrected chi connectivity index (χ1v) is 7.31. The van der Waals surface area contributed by atoms with Gasteiger partial charge in [0.25, 0.3) is 0 Å². The summed E-state index contributed by atoms with van der Waals surface area (Å²) in [5.41, 5.74) is 2.60. The predicted molar refractivity (Wildman–Crippen MR) is 80.7 cm³/mol. The summed E-state index contributed by atoms with van der Waals surface area (Å²) in [7, 11) is 1.54. The highest BCUT2D eigenvalue weighted by atomic mass is 35.5. The molecule has 1 aromatic rings. The summed E-state index contributed by atoms with van der Waals surface area (Å²) >= 11 is 6.22. The Kier molecular flexibility index (Phi) is 3.83. The largest absolute Gasteiger partial charge is 0.388 e. The Labute approximate surface area is 133 Å². The number of aliphatic hydroxyl groups excluding tert-OH is 2. The quantitative estimate of drug-likeness (QED) is 0.835. The van der Waals surface area contributed by atoms with Crippen LogP contribution in [0.25, 0.3) is 0 Å². The Morgan fingerprint density at radius 1 is 1.45 bits per heavy atom. The summed E-state index contributed by atoms with van der Waals surface area (Å²) in [5, 5.41) is 35.5. The van der Waals surface area contributed by atoms with E-state index in [4.69, 9.17) is 21.6 Å². The maximum atomic E-state index is 10.1. The van der Waals surface area contributed by atoms with Crippen molar-refractivity contribution >= 4 is 17.3 Å². The Morgan fingerprint density at radius 2 is 2.18 bits per heavy atom. The predicted octanol–water partition coefficient (Wildman–Crippen LogP) is 0.659. The summed E-state index contributed by atoms with van der Waals surface area (Å²) in [6.45, 7) is 2.08. The molecule has 0 spiro atoms. The third-order valence-electron chi connectivity index (χ3n) is 4.31. The van der Waals surface area contributed by atoms with Crippen molar-refractivity contribution in [2.24, 2.45) is 5.10 Å². The number of hydrazone groups is 1. The first kappa shape index (κ1) is 15.3. The van der Waals surface area contributed by atoms with Gasteiger partial charge >= 0.3 is 0 Å². The molecule has 6 nitrogen and oxygen atoms in total. The van der Waals surface area contributed by atoms with Gasteiger partial charge in [-0.15, -0.1) is 0 Å². The molecule has 7 heteroatoms. The van der Waals surface area contributed by atoms with Crippen molar-refractivity contribution in [2.75, 3.05) is 13.7 Å². The lowest BCUT2D eigenvalue weighted by molar-refractivity contribution is 0.00399. The molecule has 22 heavy (non-hydrogen) atoms. The van der Waals surface area contributed by atoms with Crippen molar-refractivity contribution in [3.8, 4) is 6.07 Å². The van der Waals surface area contributed by atoms with Gasteiger partial charge in [-0.1, -0.05) is 17.7 Å². The lowest BCUT2D eigenvalue weighted by atomic mass is 9.94. The van der Waals surface area contributed by atoms with Crippen LogP contribution in [0.5, 0.6) is 0 Å². The minimum Gasteiger partial charge on any atom is -0.388 e. The molecule has 0 aliphatic carbocycles. The fourth-order valence-electron chi connectivity index (χ4n) is 3.13. The molecule has 2 aliphatic rings. The van der Waals surface area contributed by atoms with Gasteiger partial charge in [-0.2, -0.15) is 10.4 Å². The molecule has 2 N–H and O–H groups in total. The number of hydrogen-bond donors (Lipinski definition) is 2. The summed E-state index contributed by atoms with van der Waals surface area (Å²) in [4.78, 5) is 0. The third kappa shape index (κ3) is 2.09. The SMILES string of the molecule is CO[C@@H]1C(c2ccc(C#N)c(Cl)c2C)=NN2C[C@H](O)[C@H](O)[C@@H]12. The van der Waals surface area contributed by atoms with E-state index in [9.17, 15) is 10.2 Å². The molecule has 0 unspecified atom stereocenters. The van der Waals surface area contributed by atoms with Crippen molar-refractivity contribution in [3.05, 3.63) is 33.8 Å². The Bertz CT molecular complexity index is 685. The molecule has 2 aliphatic heterocycles. The van der Waals surface area contributed by atoms with Gasteiger partial charge in [-0.3, -0.25) is 5.01 Å². The zero-order valence-electron chi connectivity index (χ0n) is 12.2. The molecule has 0 aromatic heterocycles. The van der Waals surface area contributed by atoms with Crippen LogP contribution in [0.4, 0.5) is 0 Å². The van der Waals surface area contributed by atoms with E-state index in [1.54, 1.807) is 24.3 Å². The maximum absolute atomic E-state index is 10.1. The van der Waals surface area contributed by atoms with Crippen LogP contribution in [0, 0.1) is 18.3 Å². The fraction of sp³-hybridized carbons (Fsp3) is 0.467. The van der Waals surface area contributed by atoms with Gasteiger partial charge in [-0.25, -0.2) is 0 Å². The number of aliphatic hydroxyl groups is 2. The lowest BCUT2D eigenvalue weighted by Crippen LogP contribution is -2.43. The number of methoxy groups -OCH3 is 1. The third-order valence-corrected chi connectivity index (χ3v) is 4.80. The Hall–Kier alpha value is -1.65. The topological polar surface area (TPSA) is 89.1 Å². The van der Waals surface area contributed by atoms with Crippen LogP contribution in [0.3, 0.4) is 0 Å². The van der Waals surface area contributed by atoms with Gasteiger partial charge in [0.2, 0.25) is 0 Å². The number of benzene rings is 1. The fourth-order valence-corrected chi connectivity index (χ4v) is 3.34. The van der Waals surface area contributed by atoms with E-state index in [0.717, 1.165) is 11.1 Å². The smallest absolute Gasteiger partial charge is 0.126 e. The average Bonchev–Trinajstić information content (AvgIpc) is 2.99. The van der Waals surface area contributed by atoms with Crippen molar-refractivity contribution in [1.29, 1.82) is 5.26 Å². The zero-order chi connectivity index (χ0) is 16.0.